The molecule has 0 aliphatic rings. The molecule has 2 aromatic heterocycles. The Morgan fingerprint density at radius 2 is 2.20 bits per heavy atom. The van der Waals surface area contributed by atoms with E-state index in [9.17, 15) is 5.11 Å². The van der Waals surface area contributed by atoms with E-state index >= 15 is 0 Å². The summed E-state index contributed by atoms with van der Waals surface area (Å²) in [6.45, 7) is 4.57. The molecule has 2 aromatic rings. The van der Waals surface area contributed by atoms with E-state index in [0.717, 1.165) is 30.7 Å². The molecule has 1 unspecified atom stereocenters. The molecule has 1 atom stereocenters. The first kappa shape index (κ1) is 19.0. The lowest BCUT2D eigenvalue weighted by molar-refractivity contribution is 0.275. The first-order valence-electron chi connectivity index (χ1n) is 8.65. The molecule has 0 spiro atoms. The van der Waals surface area contributed by atoms with Crippen LogP contribution in [0.4, 0.5) is 11.8 Å². The van der Waals surface area contributed by atoms with Crippen LogP contribution < -0.4 is 15.8 Å². The number of hydrogen-bond donors (Lipinski definition) is 3. The number of rotatable bonds is 10. The fraction of sp³-hybridized carbons (Fsp3) is 0.588. The molecule has 138 valence electrons. The maximum Gasteiger partial charge on any atom is 0.222 e. The van der Waals surface area contributed by atoms with Gasteiger partial charge in [0.25, 0.3) is 0 Å². The highest BCUT2D eigenvalue weighted by Crippen LogP contribution is 2.25. The van der Waals surface area contributed by atoms with Gasteiger partial charge < -0.3 is 20.9 Å². The van der Waals surface area contributed by atoms with Gasteiger partial charge in [-0.2, -0.15) is 10.1 Å². The Morgan fingerprint density at radius 3 is 2.84 bits per heavy atom. The lowest BCUT2D eigenvalue weighted by Crippen LogP contribution is -2.22. The zero-order valence-electron chi connectivity index (χ0n) is 15.2. The second-order valence-corrected chi connectivity index (χ2v) is 6.13. The van der Waals surface area contributed by atoms with Gasteiger partial charge in [0.05, 0.1) is 6.20 Å². The number of nitrogen functional groups attached to an aromatic ring is 1. The van der Waals surface area contributed by atoms with Crippen LogP contribution in [0.5, 0.6) is 5.75 Å². The summed E-state index contributed by atoms with van der Waals surface area (Å²) in [5, 5.41) is 17.0. The van der Waals surface area contributed by atoms with Crippen LogP contribution in [0.15, 0.2) is 12.3 Å². The van der Waals surface area contributed by atoms with Gasteiger partial charge in [0, 0.05) is 25.4 Å². The summed E-state index contributed by atoms with van der Waals surface area (Å²) in [4.78, 5) is 8.28. The Morgan fingerprint density at radius 1 is 1.40 bits per heavy atom. The van der Waals surface area contributed by atoms with E-state index < -0.39 is 0 Å². The van der Waals surface area contributed by atoms with Gasteiger partial charge in [-0.1, -0.05) is 19.8 Å². The molecular weight excluding hydrogens is 320 g/mol. The third-order valence-electron chi connectivity index (χ3n) is 4.04. The number of aryl methyl sites for hydroxylation is 2. The van der Waals surface area contributed by atoms with Crippen molar-refractivity contribution in [2.45, 2.75) is 52.2 Å². The zero-order chi connectivity index (χ0) is 18.2. The lowest BCUT2D eigenvalue weighted by Gasteiger charge is -2.20. The molecule has 0 radical (unpaired) electrons. The summed E-state index contributed by atoms with van der Waals surface area (Å²) in [5.74, 6) is 1.26. The molecule has 2 rings (SSSR count). The minimum atomic E-state index is 0.110. The van der Waals surface area contributed by atoms with Gasteiger partial charge in [-0.15, -0.1) is 0 Å². The molecule has 0 aliphatic heterocycles. The molecule has 2 heterocycles. The van der Waals surface area contributed by atoms with Crippen molar-refractivity contribution in [1.82, 2.24) is 19.7 Å². The van der Waals surface area contributed by atoms with E-state index in [2.05, 4.69) is 27.3 Å². The van der Waals surface area contributed by atoms with Crippen molar-refractivity contribution in [3.63, 3.8) is 0 Å². The van der Waals surface area contributed by atoms with Gasteiger partial charge >= 0.3 is 0 Å². The van der Waals surface area contributed by atoms with Gasteiger partial charge in [0.15, 0.2) is 11.6 Å². The fourth-order valence-corrected chi connectivity index (χ4v) is 2.54. The zero-order valence-corrected chi connectivity index (χ0v) is 15.2. The van der Waals surface area contributed by atoms with Crippen molar-refractivity contribution in [3.05, 3.63) is 23.7 Å². The largest absolute Gasteiger partial charge is 0.482 e. The summed E-state index contributed by atoms with van der Waals surface area (Å²) in [6, 6.07) is 2.08. The third-order valence-corrected chi connectivity index (χ3v) is 4.04. The highest BCUT2D eigenvalue weighted by molar-refractivity contribution is 5.51. The SMILES string of the molecule is CCCCC(CCO)Nc1nc(N)ncc1OCc1cc(C)n(C)n1. The van der Waals surface area contributed by atoms with E-state index in [-0.39, 0.29) is 18.6 Å². The monoisotopic (exact) mass is 348 g/mol. The van der Waals surface area contributed by atoms with Crippen molar-refractivity contribution >= 4 is 11.8 Å². The molecule has 8 nitrogen and oxygen atoms in total. The topological polar surface area (TPSA) is 111 Å². The summed E-state index contributed by atoms with van der Waals surface area (Å²) in [7, 11) is 1.89. The highest BCUT2D eigenvalue weighted by Gasteiger charge is 2.14. The van der Waals surface area contributed by atoms with Crippen molar-refractivity contribution < 1.29 is 9.84 Å². The molecule has 0 amide bonds. The number of nitrogens with two attached hydrogens (primary N) is 1. The number of hydrogen-bond acceptors (Lipinski definition) is 7. The number of aliphatic hydroxyl groups is 1. The van der Waals surface area contributed by atoms with Crippen molar-refractivity contribution in [3.8, 4) is 5.75 Å². The van der Waals surface area contributed by atoms with Crippen LogP contribution in [0.3, 0.4) is 0 Å². The molecule has 0 aliphatic carbocycles. The third kappa shape index (κ3) is 5.60. The van der Waals surface area contributed by atoms with E-state index in [0.29, 0.717) is 24.6 Å². The van der Waals surface area contributed by atoms with Crippen LogP contribution in [-0.4, -0.2) is 37.5 Å². The second-order valence-electron chi connectivity index (χ2n) is 6.13. The van der Waals surface area contributed by atoms with Crippen LogP contribution in [0, 0.1) is 6.92 Å². The van der Waals surface area contributed by atoms with Crippen molar-refractivity contribution in [1.29, 1.82) is 0 Å². The molecule has 0 fully saturated rings. The molecule has 0 saturated carbocycles. The number of ether oxygens (including phenoxy) is 1. The summed E-state index contributed by atoms with van der Waals surface area (Å²) >= 11 is 0. The van der Waals surface area contributed by atoms with Gasteiger partial charge in [-0.05, 0) is 25.8 Å². The average molecular weight is 348 g/mol. The Bertz CT molecular complexity index is 654. The van der Waals surface area contributed by atoms with Crippen molar-refractivity contribution in [2.24, 2.45) is 7.05 Å². The average Bonchev–Trinajstić information content (AvgIpc) is 2.90. The first-order valence-corrected chi connectivity index (χ1v) is 8.65. The molecule has 0 aromatic carbocycles. The Balaban J connectivity index is 2.09. The van der Waals surface area contributed by atoms with E-state index in [1.165, 1.54) is 0 Å². The maximum absolute atomic E-state index is 9.28. The lowest BCUT2D eigenvalue weighted by atomic mass is 10.1. The van der Waals surface area contributed by atoms with Gasteiger partial charge in [-0.25, -0.2) is 4.98 Å². The number of aliphatic hydroxyl groups excluding tert-OH is 1. The van der Waals surface area contributed by atoms with Crippen LogP contribution in [0.1, 0.15) is 44.0 Å². The summed E-state index contributed by atoms with van der Waals surface area (Å²) in [6.07, 6.45) is 5.32. The van der Waals surface area contributed by atoms with E-state index in [1.807, 2.05) is 20.0 Å². The maximum atomic E-state index is 9.28. The molecule has 8 heteroatoms. The minimum Gasteiger partial charge on any atom is -0.482 e. The minimum absolute atomic E-state index is 0.110. The highest BCUT2D eigenvalue weighted by atomic mass is 16.5. The smallest absolute Gasteiger partial charge is 0.222 e. The Labute approximate surface area is 148 Å². The quantitative estimate of drug-likeness (QED) is 0.602. The second kappa shape index (κ2) is 9.22. The number of anilines is 2. The van der Waals surface area contributed by atoms with Gasteiger partial charge in [0.2, 0.25) is 5.95 Å². The number of unbranched alkanes of at least 4 members (excludes halogenated alkanes) is 1. The van der Waals surface area contributed by atoms with Crippen LogP contribution in [-0.2, 0) is 13.7 Å². The molecule has 0 bridgehead atoms. The van der Waals surface area contributed by atoms with Crippen LogP contribution >= 0.6 is 0 Å². The number of nitrogens with one attached hydrogen (secondary N) is 1. The normalized spacial score (nSPS) is 12.2. The predicted octanol–water partition coefficient (Wildman–Crippen LogP) is 2.03. The van der Waals surface area contributed by atoms with Crippen molar-refractivity contribution in [2.75, 3.05) is 17.7 Å². The molecule has 4 N–H and O–H groups in total. The standard InChI is InChI=1S/C17H28N6O2/c1-4-5-6-13(7-8-24)20-16-15(10-19-17(18)21-16)25-11-14-9-12(2)23(3)22-14/h9-10,13,24H,4-8,11H2,1-3H3,(H3,18,19,20,21). The van der Waals surface area contributed by atoms with E-state index in [4.69, 9.17) is 10.5 Å². The van der Waals surface area contributed by atoms with E-state index in [1.54, 1.807) is 10.9 Å². The van der Waals surface area contributed by atoms with Gasteiger partial charge in [0.1, 0.15) is 12.3 Å². The molecular formula is C17H28N6O2. The summed E-state index contributed by atoms with van der Waals surface area (Å²) < 4.78 is 7.65. The predicted molar refractivity (Wildman–Crippen MR) is 97.4 cm³/mol. The Kier molecular flexibility index (Phi) is 7.00. The molecule has 0 saturated heterocycles. The number of nitrogens with zero attached hydrogens (tertiary/aromatic N) is 4. The first-order chi connectivity index (χ1) is 12.0. The summed E-state index contributed by atoms with van der Waals surface area (Å²) in [5.41, 5.74) is 7.62. The molecule has 25 heavy (non-hydrogen) atoms. The van der Waals surface area contributed by atoms with Crippen LogP contribution in [0.25, 0.3) is 0 Å². The fourth-order valence-electron chi connectivity index (χ4n) is 2.54. The Hall–Kier alpha value is -2.35. The van der Waals surface area contributed by atoms with Crippen LogP contribution in [0.2, 0.25) is 0 Å². The van der Waals surface area contributed by atoms with Gasteiger partial charge in [-0.3, -0.25) is 4.68 Å². The number of aromatic nitrogens is 4.